The van der Waals surface area contributed by atoms with Gasteiger partial charge < -0.3 is 0 Å². The fourth-order valence-corrected chi connectivity index (χ4v) is 4.04. The summed E-state index contributed by atoms with van der Waals surface area (Å²) in [5, 5.41) is 0. The molecule has 0 aliphatic carbocycles. The van der Waals surface area contributed by atoms with Crippen molar-refractivity contribution in [1.29, 1.82) is 0 Å². The summed E-state index contributed by atoms with van der Waals surface area (Å²) in [6, 6.07) is 3.76. The normalized spacial score (nSPS) is 12.3. The zero-order chi connectivity index (χ0) is 8.74. The predicted molar refractivity (Wildman–Crippen MR) is 52.4 cm³/mol. The zero-order valence-electron chi connectivity index (χ0n) is 7.76. The van der Waals surface area contributed by atoms with Gasteiger partial charge in [-0.25, -0.2) is 0 Å². The molecular weight excluding hydrogens is 152 g/mol. The molecule has 0 aromatic heterocycles. The fourth-order valence-electron chi connectivity index (χ4n) is 1.35. The van der Waals surface area contributed by atoms with E-state index in [0.29, 0.717) is 0 Å². The standard InChI is InChI=1S/C9H18OSi/c1-4-11(5-2,6-3)9-7-8-10/h7-9H,4-6H2,1-3H3. The van der Waals surface area contributed by atoms with E-state index in [9.17, 15) is 4.79 Å². The first-order valence-electron chi connectivity index (χ1n) is 4.37. The molecule has 0 unspecified atom stereocenters. The first kappa shape index (κ1) is 10.6. The van der Waals surface area contributed by atoms with Crippen molar-refractivity contribution < 1.29 is 4.79 Å². The molecule has 0 rings (SSSR count). The van der Waals surface area contributed by atoms with Crippen LogP contribution in [0.2, 0.25) is 18.1 Å². The summed E-state index contributed by atoms with van der Waals surface area (Å²) >= 11 is 0. The van der Waals surface area contributed by atoms with E-state index in [1.807, 2.05) is 0 Å². The van der Waals surface area contributed by atoms with Crippen LogP contribution in [0.1, 0.15) is 20.8 Å². The summed E-state index contributed by atoms with van der Waals surface area (Å²) in [5.41, 5.74) is 2.18. The SMILES string of the molecule is CC[Si](C=CC=O)(CC)CC. The minimum atomic E-state index is -1.15. The van der Waals surface area contributed by atoms with Crippen molar-refractivity contribution in [1.82, 2.24) is 0 Å². The van der Waals surface area contributed by atoms with Crippen LogP contribution in [0.15, 0.2) is 11.8 Å². The molecule has 2 heteroatoms. The molecule has 0 aliphatic rings. The number of aldehydes is 1. The molecule has 0 aliphatic heterocycles. The Morgan fingerprint density at radius 2 is 1.55 bits per heavy atom. The Morgan fingerprint density at radius 1 is 1.09 bits per heavy atom. The number of allylic oxidation sites excluding steroid dienone is 1. The molecule has 64 valence electrons. The molecule has 0 atom stereocenters. The highest BCUT2D eigenvalue weighted by atomic mass is 28.3. The second-order valence-electron chi connectivity index (χ2n) is 2.92. The lowest BCUT2D eigenvalue weighted by Gasteiger charge is -2.22. The molecule has 0 bridgehead atoms. The van der Waals surface area contributed by atoms with Crippen LogP contribution in [-0.4, -0.2) is 14.4 Å². The Labute approximate surface area is 70.5 Å². The van der Waals surface area contributed by atoms with Crippen LogP contribution in [0.5, 0.6) is 0 Å². The van der Waals surface area contributed by atoms with E-state index in [1.54, 1.807) is 6.08 Å². The number of hydrogen-bond acceptors (Lipinski definition) is 1. The van der Waals surface area contributed by atoms with Gasteiger partial charge in [-0.1, -0.05) is 44.6 Å². The van der Waals surface area contributed by atoms with Crippen LogP contribution in [0.4, 0.5) is 0 Å². The van der Waals surface area contributed by atoms with Gasteiger partial charge in [0.15, 0.2) is 0 Å². The van der Waals surface area contributed by atoms with Crippen LogP contribution in [-0.2, 0) is 4.79 Å². The number of rotatable bonds is 5. The van der Waals surface area contributed by atoms with Gasteiger partial charge in [-0.05, 0) is 6.08 Å². The highest BCUT2D eigenvalue weighted by Gasteiger charge is 2.22. The van der Waals surface area contributed by atoms with E-state index in [2.05, 4.69) is 26.5 Å². The van der Waals surface area contributed by atoms with Crippen LogP contribution in [0.25, 0.3) is 0 Å². The first-order chi connectivity index (χ1) is 5.24. The van der Waals surface area contributed by atoms with Gasteiger partial charge in [0.25, 0.3) is 0 Å². The maximum absolute atomic E-state index is 10.1. The summed E-state index contributed by atoms with van der Waals surface area (Å²) in [6.07, 6.45) is 2.57. The summed E-state index contributed by atoms with van der Waals surface area (Å²) in [4.78, 5) is 10.1. The lowest BCUT2D eigenvalue weighted by atomic mass is 10.7. The molecule has 0 spiro atoms. The minimum Gasteiger partial charge on any atom is -0.299 e. The topological polar surface area (TPSA) is 17.1 Å². The maximum atomic E-state index is 10.1. The second-order valence-corrected chi connectivity index (χ2v) is 8.10. The summed E-state index contributed by atoms with van der Waals surface area (Å²) < 4.78 is 0. The van der Waals surface area contributed by atoms with E-state index in [1.165, 1.54) is 18.1 Å². The van der Waals surface area contributed by atoms with E-state index < -0.39 is 8.07 Å². The largest absolute Gasteiger partial charge is 0.299 e. The monoisotopic (exact) mass is 170 g/mol. The quantitative estimate of drug-likeness (QED) is 0.352. The van der Waals surface area contributed by atoms with E-state index in [-0.39, 0.29) is 0 Å². The molecule has 0 radical (unpaired) electrons. The van der Waals surface area contributed by atoms with Crippen molar-refractivity contribution in [3.8, 4) is 0 Å². The summed E-state index contributed by atoms with van der Waals surface area (Å²) in [6.45, 7) is 6.69. The molecular formula is C9H18OSi. The molecule has 0 amide bonds. The Balaban J connectivity index is 4.27. The van der Waals surface area contributed by atoms with Gasteiger partial charge in [0.05, 0.1) is 8.07 Å². The molecule has 0 N–H and O–H groups in total. The van der Waals surface area contributed by atoms with Crippen molar-refractivity contribution in [3.63, 3.8) is 0 Å². The smallest absolute Gasteiger partial charge is 0.142 e. The van der Waals surface area contributed by atoms with E-state index >= 15 is 0 Å². The van der Waals surface area contributed by atoms with Gasteiger partial charge in [-0.2, -0.15) is 0 Å². The maximum Gasteiger partial charge on any atom is 0.142 e. The molecule has 0 aromatic carbocycles. The van der Waals surface area contributed by atoms with Gasteiger partial charge in [-0.3, -0.25) is 4.79 Å². The van der Waals surface area contributed by atoms with Crippen molar-refractivity contribution in [3.05, 3.63) is 11.8 Å². The van der Waals surface area contributed by atoms with Gasteiger partial charge in [0.1, 0.15) is 6.29 Å². The molecule has 0 fully saturated rings. The van der Waals surface area contributed by atoms with Crippen LogP contribution < -0.4 is 0 Å². The van der Waals surface area contributed by atoms with Crippen LogP contribution in [0, 0.1) is 0 Å². The molecule has 0 aromatic rings. The van der Waals surface area contributed by atoms with E-state index in [0.717, 1.165) is 6.29 Å². The third kappa shape index (κ3) is 3.02. The average molecular weight is 170 g/mol. The van der Waals surface area contributed by atoms with Crippen molar-refractivity contribution in [2.45, 2.75) is 38.9 Å². The highest BCUT2D eigenvalue weighted by Crippen LogP contribution is 2.20. The predicted octanol–water partition coefficient (Wildman–Crippen LogP) is 2.79. The molecule has 0 heterocycles. The second kappa shape index (κ2) is 5.30. The Kier molecular flexibility index (Phi) is 5.12. The third-order valence-electron chi connectivity index (χ3n) is 2.64. The van der Waals surface area contributed by atoms with Crippen LogP contribution in [0.3, 0.4) is 0 Å². The third-order valence-corrected chi connectivity index (χ3v) is 7.77. The number of carbonyl (C=O) groups is 1. The minimum absolute atomic E-state index is 0.892. The van der Waals surface area contributed by atoms with Gasteiger partial charge in [0, 0.05) is 0 Å². The first-order valence-corrected chi connectivity index (χ1v) is 7.07. The van der Waals surface area contributed by atoms with Gasteiger partial charge >= 0.3 is 0 Å². The lowest BCUT2D eigenvalue weighted by molar-refractivity contribution is -0.104. The zero-order valence-corrected chi connectivity index (χ0v) is 8.76. The van der Waals surface area contributed by atoms with Crippen molar-refractivity contribution in [2.75, 3.05) is 0 Å². The Hall–Kier alpha value is -0.373. The lowest BCUT2D eigenvalue weighted by Crippen LogP contribution is -2.28. The summed E-state index contributed by atoms with van der Waals surface area (Å²) in [7, 11) is -1.15. The molecule has 1 nitrogen and oxygen atoms in total. The van der Waals surface area contributed by atoms with Crippen molar-refractivity contribution in [2.24, 2.45) is 0 Å². The van der Waals surface area contributed by atoms with E-state index in [4.69, 9.17) is 0 Å². The Morgan fingerprint density at radius 3 is 1.82 bits per heavy atom. The van der Waals surface area contributed by atoms with Gasteiger partial charge in [-0.15, -0.1) is 0 Å². The fraction of sp³-hybridized carbons (Fsp3) is 0.667. The molecule has 0 saturated carbocycles. The average Bonchev–Trinajstić information content (AvgIpc) is 2.08. The number of carbonyl (C=O) groups excluding carboxylic acids is 1. The molecule has 0 saturated heterocycles. The summed E-state index contributed by atoms with van der Waals surface area (Å²) in [5.74, 6) is 0. The van der Waals surface area contributed by atoms with Crippen molar-refractivity contribution >= 4 is 14.4 Å². The Bertz CT molecular complexity index is 128. The number of hydrogen-bond donors (Lipinski definition) is 0. The van der Waals surface area contributed by atoms with Crippen LogP contribution >= 0.6 is 0 Å². The highest BCUT2D eigenvalue weighted by molar-refractivity contribution is 6.84. The molecule has 11 heavy (non-hydrogen) atoms. The van der Waals surface area contributed by atoms with Gasteiger partial charge in [0.2, 0.25) is 0 Å².